The fourth-order valence-electron chi connectivity index (χ4n) is 3.60. The summed E-state index contributed by atoms with van der Waals surface area (Å²) in [5.41, 5.74) is 0. The molecular weight excluding hydrogens is 419 g/mol. The fraction of sp³-hybridized carbons (Fsp3) is 0. The van der Waals surface area contributed by atoms with Crippen LogP contribution in [0.4, 0.5) is 4.79 Å². The van der Waals surface area contributed by atoms with Crippen LogP contribution in [0.5, 0.6) is 11.5 Å². The summed E-state index contributed by atoms with van der Waals surface area (Å²) in [6, 6.07) is 26.1. The van der Waals surface area contributed by atoms with E-state index in [1.54, 1.807) is 30.3 Å². The zero-order chi connectivity index (χ0) is 20.7. The van der Waals surface area contributed by atoms with Crippen molar-refractivity contribution < 1.29 is 14.3 Å². The Balaban J connectivity index is 1.60. The van der Waals surface area contributed by atoms with Gasteiger partial charge in [-0.3, -0.25) is 0 Å². The van der Waals surface area contributed by atoms with Gasteiger partial charge in [0.15, 0.2) is 0 Å². The monoisotopic (exact) mass is 432 g/mol. The van der Waals surface area contributed by atoms with E-state index in [1.807, 2.05) is 54.6 Å². The quantitative estimate of drug-likeness (QED) is 0.161. The average molecular weight is 433 g/mol. The highest BCUT2D eigenvalue weighted by molar-refractivity contribution is 6.32. The van der Waals surface area contributed by atoms with E-state index < -0.39 is 6.16 Å². The van der Waals surface area contributed by atoms with Gasteiger partial charge in [0.2, 0.25) is 0 Å². The summed E-state index contributed by atoms with van der Waals surface area (Å²) in [5.74, 6) is 0.788. The van der Waals surface area contributed by atoms with Crippen molar-refractivity contribution >= 4 is 61.7 Å². The van der Waals surface area contributed by atoms with Gasteiger partial charge in [0, 0.05) is 26.2 Å². The molecule has 5 heteroatoms. The van der Waals surface area contributed by atoms with Gasteiger partial charge in [0.1, 0.15) is 11.5 Å². The Hall–Kier alpha value is -3.27. The summed E-state index contributed by atoms with van der Waals surface area (Å²) in [5, 5.41) is 6.05. The Labute approximate surface area is 182 Å². The molecule has 0 amide bonds. The van der Waals surface area contributed by atoms with Crippen molar-refractivity contribution in [2.75, 3.05) is 0 Å². The minimum absolute atomic E-state index is 0.359. The average Bonchev–Trinajstić information content (AvgIpc) is 2.74. The number of carbonyl (C=O) groups excluding carboxylic acids is 1. The van der Waals surface area contributed by atoms with Crippen LogP contribution in [0, 0.1) is 0 Å². The van der Waals surface area contributed by atoms with E-state index in [9.17, 15) is 4.79 Å². The lowest BCUT2D eigenvalue weighted by molar-refractivity contribution is 0.153. The standard InChI is InChI=1S/C25H14Cl2O3/c26-18-10-8-16-12-17-9-11-19(27)14-22(17)24(21(16)13-18)30-25(28)29-23-7-3-5-15-4-1-2-6-20(15)23/h1-14H. The smallest absolute Gasteiger partial charge is 0.394 e. The van der Waals surface area contributed by atoms with Crippen LogP contribution in [0.1, 0.15) is 0 Å². The molecule has 5 aromatic rings. The molecule has 0 N–H and O–H groups in total. The predicted octanol–water partition coefficient (Wildman–Crippen LogP) is 8.03. The Morgan fingerprint density at radius 1 is 0.600 bits per heavy atom. The molecule has 0 aliphatic rings. The number of fused-ring (bicyclic) bond motifs is 3. The first kappa shape index (κ1) is 18.7. The van der Waals surface area contributed by atoms with Crippen molar-refractivity contribution in [1.29, 1.82) is 0 Å². The molecular formula is C25H14Cl2O3. The summed E-state index contributed by atoms with van der Waals surface area (Å²) in [6.45, 7) is 0. The Bertz CT molecular complexity index is 1380. The van der Waals surface area contributed by atoms with Gasteiger partial charge in [0.05, 0.1) is 0 Å². The van der Waals surface area contributed by atoms with Crippen LogP contribution in [0.2, 0.25) is 10.0 Å². The SMILES string of the molecule is O=C(Oc1cccc2ccccc12)Oc1c2cc(Cl)ccc2cc2ccc(Cl)cc12. The zero-order valence-electron chi connectivity index (χ0n) is 15.6. The maximum absolute atomic E-state index is 12.8. The molecule has 0 bridgehead atoms. The number of ether oxygens (including phenoxy) is 2. The molecule has 0 aliphatic carbocycles. The number of hydrogen-bond acceptors (Lipinski definition) is 3. The molecule has 0 saturated carbocycles. The van der Waals surface area contributed by atoms with Crippen molar-refractivity contribution in [2.45, 2.75) is 0 Å². The van der Waals surface area contributed by atoms with Crippen LogP contribution in [-0.2, 0) is 0 Å². The Morgan fingerprint density at radius 3 is 1.93 bits per heavy atom. The maximum atomic E-state index is 12.8. The van der Waals surface area contributed by atoms with Gasteiger partial charge in [-0.2, -0.15) is 0 Å². The van der Waals surface area contributed by atoms with E-state index in [0.29, 0.717) is 32.3 Å². The largest absolute Gasteiger partial charge is 0.519 e. The summed E-state index contributed by atoms with van der Waals surface area (Å²) in [7, 11) is 0. The summed E-state index contributed by atoms with van der Waals surface area (Å²) in [6.07, 6.45) is -0.833. The van der Waals surface area contributed by atoms with Gasteiger partial charge in [-0.15, -0.1) is 0 Å². The molecule has 0 aliphatic heterocycles. The van der Waals surface area contributed by atoms with Crippen molar-refractivity contribution in [3.8, 4) is 11.5 Å². The van der Waals surface area contributed by atoms with Gasteiger partial charge in [0.25, 0.3) is 0 Å². The van der Waals surface area contributed by atoms with E-state index in [0.717, 1.165) is 21.5 Å². The van der Waals surface area contributed by atoms with Crippen molar-refractivity contribution in [1.82, 2.24) is 0 Å². The fourth-order valence-corrected chi connectivity index (χ4v) is 3.95. The first-order chi connectivity index (χ1) is 14.6. The molecule has 146 valence electrons. The molecule has 0 unspecified atom stereocenters. The van der Waals surface area contributed by atoms with Crippen LogP contribution in [0.25, 0.3) is 32.3 Å². The number of benzene rings is 5. The van der Waals surface area contributed by atoms with Gasteiger partial charge < -0.3 is 9.47 Å². The minimum Gasteiger partial charge on any atom is -0.394 e. The van der Waals surface area contributed by atoms with Gasteiger partial charge in [-0.05, 0) is 52.6 Å². The lowest BCUT2D eigenvalue weighted by Gasteiger charge is -2.13. The van der Waals surface area contributed by atoms with E-state index in [2.05, 4.69) is 0 Å². The van der Waals surface area contributed by atoms with Crippen LogP contribution < -0.4 is 9.47 Å². The highest BCUT2D eigenvalue weighted by Gasteiger charge is 2.16. The lowest BCUT2D eigenvalue weighted by atomic mass is 10.0. The Morgan fingerprint density at radius 2 is 1.23 bits per heavy atom. The zero-order valence-corrected chi connectivity index (χ0v) is 17.1. The lowest BCUT2D eigenvalue weighted by Crippen LogP contribution is -2.14. The molecule has 0 atom stereocenters. The minimum atomic E-state index is -0.833. The second kappa shape index (κ2) is 7.52. The van der Waals surface area contributed by atoms with Crippen LogP contribution in [-0.4, -0.2) is 6.16 Å². The number of carbonyl (C=O) groups is 1. The third-order valence-electron chi connectivity index (χ3n) is 4.96. The third kappa shape index (κ3) is 3.43. The van der Waals surface area contributed by atoms with E-state index in [-0.39, 0.29) is 0 Å². The number of rotatable bonds is 2. The number of hydrogen-bond donors (Lipinski definition) is 0. The summed E-state index contributed by atoms with van der Waals surface area (Å²) >= 11 is 12.4. The molecule has 5 aromatic carbocycles. The third-order valence-corrected chi connectivity index (χ3v) is 5.43. The first-order valence-corrected chi connectivity index (χ1v) is 10.0. The highest BCUT2D eigenvalue weighted by atomic mass is 35.5. The van der Waals surface area contributed by atoms with E-state index >= 15 is 0 Å². The molecule has 5 rings (SSSR count). The van der Waals surface area contributed by atoms with Crippen LogP contribution in [0.3, 0.4) is 0 Å². The number of halogens is 2. The van der Waals surface area contributed by atoms with Gasteiger partial charge in [-0.25, -0.2) is 4.79 Å². The second-order valence-electron chi connectivity index (χ2n) is 6.87. The molecule has 0 aromatic heterocycles. The first-order valence-electron chi connectivity index (χ1n) is 9.27. The summed E-state index contributed by atoms with van der Waals surface area (Å²) < 4.78 is 11.3. The molecule has 30 heavy (non-hydrogen) atoms. The second-order valence-corrected chi connectivity index (χ2v) is 7.74. The molecule has 0 spiro atoms. The van der Waals surface area contributed by atoms with Crippen LogP contribution >= 0.6 is 23.2 Å². The van der Waals surface area contributed by atoms with Crippen molar-refractivity contribution in [3.05, 3.63) is 95.0 Å². The molecule has 0 fully saturated rings. The molecule has 0 heterocycles. The van der Waals surface area contributed by atoms with Crippen molar-refractivity contribution in [2.24, 2.45) is 0 Å². The molecule has 0 saturated heterocycles. The van der Waals surface area contributed by atoms with E-state index in [1.165, 1.54) is 0 Å². The Kier molecular flexibility index (Phi) is 4.70. The highest BCUT2D eigenvalue weighted by Crippen LogP contribution is 2.38. The van der Waals surface area contributed by atoms with Crippen molar-refractivity contribution in [3.63, 3.8) is 0 Å². The van der Waals surface area contributed by atoms with Gasteiger partial charge >= 0.3 is 6.16 Å². The maximum Gasteiger partial charge on any atom is 0.519 e. The normalized spacial score (nSPS) is 11.1. The molecule has 3 nitrogen and oxygen atoms in total. The summed E-state index contributed by atoms with van der Waals surface area (Å²) in [4.78, 5) is 12.8. The van der Waals surface area contributed by atoms with E-state index in [4.69, 9.17) is 32.7 Å². The predicted molar refractivity (Wildman–Crippen MR) is 122 cm³/mol. The molecule has 0 radical (unpaired) electrons. The van der Waals surface area contributed by atoms with Gasteiger partial charge in [-0.1, -0.05) is 71.7 Å². The van der Waals surface area contributed by atoms with Crippen LogP contribution in [0.15, 0.2) is 84.9 Å². The topological polar surface area (TPSA) is 35.5 Å².